The first-order valence-electron chi connectivity index (χ1n) is 25.7. The molecule has 0 rings (SSSR count). The van der Waals surface area contributed by atoms with Crippen LogP contribution in [-0.2, 0) is 4.79 Å². The molecule has 0 aliphatic rings. The minimum atomic E-state index is -1.29. The van der Waals surface area contributed by atoms with Gasteiger partial charge in [0.15, 0.2) is 0 Å². The van der Waals surface area contributed by atoms with Crippen molar-refractivity contribution in [3.63, 3.8) is 0 Å². The molecule has 6 heteroatoms. The van der Waals surface area contributed by atoms with E-state index < -0.39 is 36.9 Å². The van der Waals surface area contributed by atoms with E-state index in [-0.39, 0.29) is 0 Å². The standard InChI is InChI=1S/C52H101NO5/c1-3-5-7-9-11-13-15-17-19-20-21-22-23-24-25-26-27-28-29-30-31-32-34-36-38-40-42-44-46-50(56)52(58)53-48(47-54)51(57)49(55)45-43-41-39-37-35-33-18-16-14-12-10-8-6-4-2/h16,18,37,39,48-51,54-57H,3-15,17,19-36,38,40-47H2,1-2H3,(H,53,58)/b18-16+,39-37+. The van der Waals surface area contributed by atoms with E-state index in [9.17, 15) is 25.2 Å². The molecule has 0 aromatic rings. The number of nitrogens with one attached hydrogen (secondary N) is 1. The fourth-order valence-electron chi connectivity index (χ4n) is 8.07. The number of aliphatic hydroxyl groups excluding tert-OH is 4. The molecule has 0 aromatic heterocycles. The van der Waals surface area contributed by atoms with Gasteiger partial charge in [0.1, 0.15) is 12.2 Å². The Balaban J connectivity index is 3.61. The summed E-state index contributed by atoms with van der Waals surface area (Å²) in [5.74, 6) is -0.594. The van der Waals surface area contributed by atoms with Gasteiger partial charge >= 0.3 is 0 Å². The Morgan fingerprint density at radius 3 is 1.09 bits per heavy atom. The van der Waals surface area contributed by atoms with E-state index in [2.05, 4.69) is 43.5 Å². The maximum absolute atomic E-state index is 12.5. The molecule has 1 amide bonds. The number of amides is 1. The van der Waals surface area contributed by atoms with E-state index in [1.54, 1.807) is 0 Å². The molecule has 0 radical (unpaired) electrons. The van der Waals surface area contributed by atoms with Crippen LogP contribution in [-0.4, -0.2) is 57.3 Å². The Labute approximate surface area is 361 Å². The number of rotatable bonds is 47. The SMILES string of the molecule is CCCCCCC/C=C/CC/C=C/CCCC(O)C(O)C(CO)NC(=O)C(O)CCCCCCCCCCCCCCCCCCCCCCCCCCCCCC. The van der Waals surface area contributed by atoms with Crippen LogP contribution in [0.2, 0.25) is 0 Å². The Hall–Kier alpha value is -1.21. The molecule has 344 valence electrons. The lowest BCUT2D eigenvalue weighted by Gasteiger charge is -2.27. The van der Waals surface area contributed by atoms with E-state index in [4.69, 9.17) is 0 Å². The highest BCUT2D eigenvalue weighted by Gasteiger charge is 2.28. The summed E-state index contributed by atoms with van der Waals surface area (Å²) in [7, 11) is 0. The normalized spacial score (nSPS) is 14.1. The van der Waals surface area contributed by atoms with Gasteiger partial charge in [0.25, 0.3) is 0 Å². The number of aliphatic hydroxyl groups is 4. The molecule has 0 heterocycles. The summed E-state index contributed by atoms with van der Waals surface area (Å²) < 4.78 is 0. The van der Waals surface area contributed by atoms with Crippen LogP contribution in [0, 0.1) is 0 Å². The predicted molar refractivity (Wildman–Crippen MR) is 251 cm³/mol. The maximum atomic E-state index is 12.5. The summed E-state index contributed by atoms with van der Waals surface area (Å²) in [5, 5.41) is 43.7. The van der Waals surface area contributed by atoms with Crippen molar-refractivity contribution in [2.75, 3.05) is 6.61 Å². The zero-order valence-electron chi connectivity index (χ0n) is 38.8. The summed E-state index contributed by atoms with van der Waals surface area (Å²) in [6.07, 6.45) is 55.3. The Morgan fingerprint density at radius 1 is 0.414 bits per heavy atom. The molecule has 5 N–H and O–H groups in total. The van der Waals surface area contributed by atoms with Crippen LogP contribution >= 0.6 is 0 Å². The second-order valence-electron chi connectivity index (χ2n) is 17.9. The monoisotopic (exact) mass is 820 g/mol. The predicted octanol–water partition coefficient (Wildman–Crippen LogP) is 14.3. The number of allylic oxidation sites excluding steroid dienone is 4. The molecule has 0 aromatic carbocycles. The second kappa shape index (κ2) is 46.8. The molecule has 0 saturated carbocycles. The van der Waals surface area contributed by atoms with Gasteiger partial charge in [-0.05, 0) is 51.4 Å². The fraction of sp³-hybridized carbons (Fsp3) is 0.904. The van der Waals surface area contributed by atoms with Gasteiger partial charge in [-0.2, -0.15) is 0 Å². The minimum Gasteiger partial charge on any atom is -0.394 e. The lowest BCUT2D eigenvalue weighted by Crippen LogP contribution is -2.53. The largest absolute Gasteiger partial charge is 0.394 e. The molecule has 4 atom stereocenters. The van der Waals surface area contributed by atoms with Crippen LogP contribution < -0.4 is 5.32 Å². The van der Waals surface area contributed by atoms with Gasteiger partial charge in [-0.15, -0.1) is 0 Å². The summed E-state index contributed by atoms with van der Waals surface area (Å²) in [6.45, 7) is 4.04. The first-order valence-corrected chi connectivity index (χ1v) is 25.7. The third-order valence-electron chi connectivity index (χ3n) is 12.1. The maximum Gasteiger partial charge on any atom is 0.249 e. The van der Waals surface area contributed by atoms with Crippen LogP contribution in [0.1, 0.15) is 271 Å². The van der Waals surface area contributed by atoms with E-state index in [0.717, 1.165) is 38.5 Å². The zero-order chi connectivity index (χ0) is 42.4. The van der Waals surface area contributed by atoms with Gasteiger partial charge in [-0.1, -0.05) is 244 Å². The van der Waals surface area contributed by atoms with Crippen LogP contribution in [0.5, 0.6) is 0 Å². The van der Waals surface area contributed by atoms with Gasteiger partial charge in [0, 0.05) is 0 Å². The highest BCUT2D eigenvalue weighted by molar-refractivity contribution is 5.80. The molecule has 0 spiro atoms. The average Bonchev–Trinajstić information content (AvgIpc) is 3.23. The van der Waals surface area contributed by atoms with Crippen molar-refractivity contribution < 1.29 is 25.2 Å². The number of carbonyl (C=O) groups excluding carboxylic acids is 1. The smallest absolute Gasteiger partial charge is 0.249 e. The summed E-state index contributed by atoms with van der Waals surface area (Å²) in [6, 6.07) is -1.00. The van der Waals surface area contributed by atoms with Crippen LogP contribution in [0.15, 0.2) is 24.3 Å². The first-order chi connectivity index (χ1) is 28.5. The van der Waals surface area contributed by atoms with Crippen molar-refractivity contribution in [3.8, 4) is 0 Å². The second-order valence-corrected chi connectivity index (χ2v) is 17.9. The Kier molecular flexibility index (Phi) is 45.9. The van der Waals surface area contributed by atoms with Crippen molar-refractivity contribution in [1.82, 2.24) is 5.32 Å². The Morgan fingerprint density at radius 2 is 0.724 bits per heavy atom. The van der Waals surface area contributed by atoms with Gasteiger partial charge in [-0.3, -0.25) is 4.79 Å². The Bertz CT molecular complexity index is 878. The fourth-order valence-corrected chi connectivity index (χ4v) is 8.07. The molecule has 6 nitrogen and oxygen atoms in total. The van der Waals surface area contributed by atoms with Crippen molar-refractivity contribution in [1.29, 1.82) is 0 Å². The van der Waals surface area contributed by atoms with Crippen molar-refractivity contribution >= 4 is 5.91 Å². The number of carbonyl (C=O) groups is 1. The zero-order valence-corrected chi connectivity index (χ0v) is 38.8. The summed E-state index contributed by atoms with van der Waals surface area (Å²) in [4.78, 5) is 12.5. The van der Waals surface area contributed by atoms with E-state index in [1.165, 1.54) is 199 Å². The van der Waals surface area contributed by atoms with Crippen molar-refractivity contribution in [3.05, 3.63) is 24.3 Å². The highest BCUT2D eigenvalue weighted by Crippen LogP contribution is 2.17. The van der Waals surface area contributed by atoms with E-state index in [1.807, 2.05) is 0 Å². The van der Waals surface area contributed by atoms with Gasteiger partial charge in [0.2, 0.25) is 5.91 Å². The summed E-state index contributed by atoms with van der Waals surface area (Å²) in [5.41, 5.74) is 0. The molecule has 0 bridgehead atoms. The minimum absolute atomic E-state index is 0.364. The third kappa shape index (κ3) is 40.2. The third-order valence-corrected chi connectivity index (χ3v) is 12.1. The van der Waals surface area contributed by atoms with E-state index >= 15 is 0 Å². The van der Waals surface area contributed by atoms with Crippen LogP contribution in [0.4, 0.5) is 0 Å². The molecule has 4 unspecified atom stereocenters. The molecular formula is C52H101NO5. The quantitative estimate of drug-likeness (QED) is 0.0310. The van der Waals surface area contributed by atoms with E-state index in [0.29, 0.717) is 19.3 Å². The number of hydrogen-bond donors (Lipinski definition) is 5. The van der Waals surface area contributed by atoms with Crippen molar-refractivity contribution in [2.24, 2.45) is 0 Å². The highest BCUT2D eigenvalue weighted by atomic mass is 16.3. The van der Waals surface area contributed by atoms with Gasteiger partial charge < -0.3 is 25.7 Å². The van der Waals surface area contributed by atoms with Crippen LogP contribution in [0.3, 0.4) is 0 Å². The topological polar surface area (TPSA) is 110 Å². The number of hydrogen-bond acceptors (Lipinski definition) is 5. The van der Waals surface area contributed by atoms with Crippen molar-refractivity contribution in [2.45, 2.75) is 295 Å². The van der Waals surface area contributed by atoms with Gasteiger partial charge in [0.05, 0.1) is 18.8 Å². The van der Waals surface area contributed by atoms with Crippen LogP contribution in [0.25, 0.3) is 0 Å². The molecule has 0 aliphatic carbocycles. The molecule has 0 saturated heterocycles. The first kappa shape index (κ1) is 56.8. The number of unbranched alkanes of at least 4 members (excludes halogenated alkanes) is 34. The van der Waals surface area contributed by atoms with Gasteiger partial charge in [-0.25, -0.2) is 0 Å². The average molecular weight is 820 g/mol. The summed E-state index contributed by atoms with van der Waals surface area (Å²) >= 11 is 0. The molecular weight excluding hydrogens is 719 g/mol. The lowest BCUT2D eigenvalue weighted by molar-refractivity contribution is -0.132. The molecule has 0 aliphatic heterocycles. The lowest BCUT2D eigenvalue weighted by atomic mass is 10.00. The molecule has 58 heavy (non-hydrogen) atoms. The molecule has 0 fully saturated rings.